The van der Waals surface area contributed by atoms with Crippen LogP contribution in [-0.4, -0.2) is 11.9 Å². The van der Waals surface area contributed by atoms with Crippen molar-refractivity contribution in [3.63, 3.8) is 0 Å². The molecule has 0 spiro atoms. The minimum absolute atomic E-state index is 0.0319. The van der Waals surface area contributed by atoms with Gasteiger partial charge >= 0.3 is 6.15 Å². The van der Waals surface area contributed by atoms with E-state index in [-0.39, 0.29) is 11.9 Å². The standard InChI is InChI=1S/C15H12O.CO2/c16-15(14-9-5-2-6-10-14)12-11-13-7-3-1-4-8-13;2-1-3/h1-12H;/b12-11+;. The lowest BCUT2D eigenvalue weighted by Crippen LogP contribution is -1.92. The van der Waals surface area contributed by atoms with Crippen molar-refractivity contribution in [3.8, 4) is 0 Å². The summed E-state index contributed by atoms with van der Waals surface area (Å²) >= 11 is 0. The predicted molar refractivity (Wildman–Crippen MR) is 71.3 cm³/mol. The maximum absolute atomic E-state index is 11.7. The third-order valence-corrected chi connectivity index (χ3v) is 2.29. The second kappa shape index (κ2) is 8.34. The Morgan fingerprint density at radius 3 is 1.84 bits per heavy atom. The number of benzene rings is 2. The molecule has 2 aromatic rings. The van der Waals surface area contributed by atoms with Crippen LogP contribution in [0.2, 0.25) is 0 Å². The van der Waals surface area contributed by atoms with Crippen LogP contribution in [0, 0.1) is 0 Å². The monoisotopic (exact) mass is 252 g/mol. The molecule has 0 bridgehead atoms. The Kier molecular flexibility index (Phi) is 6.27. The number of allylic oxidation sites excluding steroid dienone is 1. The minimum Gasteiger partial charge on any atom is -0.289 e. The van der Waals surface area contributed by atoms with Crippen molar-refractivity contribution < 1.29 is 14.4 Å². The van der Waals surface area contributed by atoms with Gasteiger partial charge in [-0.25, -0.2) is 0 Å². The Bertz CT molecular complexity index is 565. The van der Waals surface area contributed by atoms with Gasteiger partial charge in [-0.05, 0) is 11.6 Å². The van der Waals surface area contributed by atoms with Crippen molar-refractivity contribution in [3.05, 3.63) is 77.9 Å². The van der Waals surface area contributed by atoms with Gasteiger partial charge in [0.2, 0.25) is 0 Å². The predicted octanol–water partition coefficient (Wildman–Crippen LogP) is 3.00. The number of rotatable bonds is 3. The molecule has 0 unspecified atom stereocenters. The van der Waals surface area contributed by atoms with Gasteiger partial charge in [0.15, 0.2) is 5.78 Å². The van der Waals surface area contributed by atoms with Gasteiger partial charge in [-0.15, -0.1) is 0 Å². The highest BCUT2D eigenvalue weighted by Crippen LogP contribution is 2.05. The summed E-state index contributed by atoms with van der Waals surface area (Å²) in [6.07, 6.45) is 3.68. The summed E-state index contributed by atoms with van der Waals surface area (Å²) in [5.74, 6) is 0.0319. The van der Waals surface area contributed by atoms with Crippen molar-refractivity contribution in [2.75, 3.05) is 0 Å². The molecule has 2 rings (SSSR count). The average Bonchev–Trinajstić information content (AvgIpc) is 2.47. The van der Waals surface area contributed by atoms with Crippen LogP contribution in [0.5, 0.6) is 0 Å². The van der Waals surface area contributed by atoms with Crippen LogP contribution >= 0.6 is 0 Å². The first kappa shape index (κ1) is 14.3. The van der Waals surface area contributed by atoms with Crippen molar-refractivity contribution in [2.45, 2.75) is 0 Å². The first-order valence-electron chi connectivity index (χ1n) is 5.59. The number of carbonyl (C=O) groups is 1. The summed E-state index contributed by atoms with van der Waals surface area (Å²) in [7, 11) is 0. The van der Waals surface area contributed by atoms with Gasteiger partial charge in [0.05, 0.1) is 0 Å². The zero-order chi connectivity index (χ0) is 13.9. The molecular weight excluding hydrogens is 240 g/mol. The second-order valence-electron chi connectivity index (χ2n) is 3.56. The van der Waals surface area contributed by atoms with E-state index in [1.807, 2.05) is 66.7 Å². The fraction of sp³-hybridized carbons (Fsp3) is 0. The van der Waals surface area contributed by atoms with Gasteiger partial charge in [0.1, 0.15) is 0 Å². The van der Waals surface area contributed by atoms with E-state index >= 15 is 0 Å². The number of hydrogen-bond acceptors (Lipinski definition) is 3. The molecule has 0 aliphatic rings. The van der Waals surface area contributed by atoms with Crippen LogP contribution in [0.3, 0.4) is 0 Å². The number of ketones is 1. The summed E-state index contributed by atoms with van der Waals surface area (Å²) in [5.41, 5.74) is 1.75. The van der Waals surface area contributed by atoms with E-state index in [1.54, 1.807) is 6.08 Å². The van der Waals surface area contributed by atoms with E-state index in [0.717, 1.165) is 11.1 Å². The third-order valence-electron chi connectivity index (χ3n) is 2.29. The zero-order valence-corrected chi connectivity index (χ0v) is 10.2. The number of hydrogen-bond donors (Lipinski definition) is 0. The fourth-order valence-electron chi connectivity index (χ4n) is 1.43. The van der Waals surface area contributed by atoms with Gasteiger partial charge in [-0.3, -0.25) is 4.79 Å². The molecule has 0 aliphatic carbocycles. The lowest BCUT2D eigenvalue weighted by atomic mass is 10.1. The van der Waals surface area contributed by atoms with Crippen LogP contribution in [-0.2, 0) is 9.59 Å². The molecule has 94 valence electrons. The Balaban J connectivity index is 0.000000550. The Morgan fingerprint density at radius 1 is 0.842 bits per heavy atom. The van der Waals surface area contributed by atoms with E-state index in [2.05, 4.69) is 0 Å². The molecule has 0 atom stereocenters. The van der Waals surface area contributed by atoms with Gasteiger partial charge in [0.25, 0.3) is 0 Å². The Hall–Kier alpha value is -2.77. The molecule has 0 aliphatic heterocycles. The zero-order valence-electron chi connectivity index (χ0n) is 10.2. The van der Waals surface area contributed by atoms with E-state index in [0.29, 0.717) is 0 Å². The molecule has 0 heterocycles. The normalized spacial score (nSPS) is 9.26. The number of carbonyl (C=O) groups excluding carboxylic acids is 3. The highest BCUT2D eigenvalue weighted by Gasteiger charge is 1.98. The molecule has 3 nitrogen and oxygen atoms in total. The van der Waals surface area contributed by atoms with Gasteiger partial charge in [0, 0.05) is 5.56 Å². The maximum atomic E-state index is 11.7. The topological polar surface area (TPSA) is 51.2 Å². The molecule has 3 heteroatoms. The van der Waals surface area contributed by atoms with Crippen molar-refractivity contribution in [1.29, 1.82) is 0 Å². The summed E-state index contributed by atoms with van der Waals surface area (Å²) < 4.78 is 0. The molecule has 0 aromatic heterocycles. The average molecular weight is 252 g/mol. The van der Waals surface area contributed by atoms with E-state index in [9.17, 15) is 4.79 Å². The quantitative estimate of drug-likeness (QED) is 0.623. The molecule has 0 radical (unpaired) electrons. The maximum Gasteiger partial charge on any atom is 0.373 e. The molecule has 0 saturated carbocycles. The molecule has 19 heavy (non-hydrogen) atoms. The molecular formula is C16H12O3. The van der Waals surface area contributed by atoms with Gasteiger partial charge < -0.3 is 0 Å². The third kappa shape index (κ3) is 5.39. The molecule has 0 N–H and O–H groups in total. The first-order chi connectivity index (χ1) is 9.27. The van der Waals surface area contributed by atoms with E-state index in [1.165, 1.54) is 0 Å². The molecule has 2 aromatic carbocycles. The van der Waals surface area contributed by atoms with Crippen LogP contribution < -0.4 is 0 Å². The van der Waals surface area contributed by atoms with E-state index in [4.69, 9.17) is 9.59 Å². The Labute approximate surface area is 111 Å². The summed E-state index contributed by atoms with van der Waals surface area (Å²) in [6, 6.07) is 19.1. The smallest absolute Gasteiger partial charge is 0.289 e. The van der Waals surface area contributed by atoms with Crippen LogP contribution in [0.25, 0.3) is 6.08 Å². The van der Waals surface area contributed by atoms with Crippen molar-refractivity contribution in [2.24, 2.45) is 0 Å². The largest absolute Gasteiger partial charge is 0.373 e. The molecule has 0 amide bonds. The highest BCUT2D eigenvalue weighted by atomic mass is 16.2. The summed E-state index contributed by atoms with van der Waals surface area (Å²) in [5, 5.41) is 0. The highest BCUT2D eigenvalue weighted by molar-refractivity contribution is 6.06. The van der Waals surface area contributed by atoms with Crippen LogP contribution in [0.4, 0.5) is 0 Å². The molecule has 0 saturated heterocycles. The summed E-state index contributed by atoms with van der Waals surface area (Å²) in [6.45, 7) is 0. The van der Waals surface area contributed by atoms with Crippen LogP contribution in [0.15, 0.2) is 66.7 Å². The minimum atomic E-state index is 0.0319. The summed E-state index contributed by atoms with van der Waals surface area (Å²) in [4.78, 5) is 28.0. The Morgan fingerprint density at radius 2 is 1.32 bits per heavy atom. The van der Waals surface area contributed by atoms with Gasteiger partial charge in [-0.1, -0.05) is 66.7 Å². The van der Waals surface area contributed by atoms with E-state index < -0.39 is 0 Å². The second-order valence-corrected chi connectivity index (χ2v) is 3.56. The lowest BCUT2D eigenvalue weighted by Gasteiger charge is -1.94. The SMILES string of the molecule is O=C(/C=C/c1ccccc1)c1ccccc1.O=C=O. The molecule has 0 fully saturated rings. The fourth-order valence-corrected chi connectivity index (χ4v) is 1.43. The lowest BCUT2D eigenvalue weighted by molar-refractivity contribution is -0.191. The first-order valence-corrected chi connectivity index (χ1v) is 5.59. The van der Waals surface area contributed by atoms with Crippen molar-refractivity contribution in [1.82, 2.24) is 0 Å². The van der Waals surface area contributed by atoms with Crippen LogP contribution in [0.1, 0.15) is 15.9 Å². The van der Waals surface area contributed by atoms with Crippen molar-refractivity contribution >= 4 is 18.0 Å². The van der Waals surface area contributed by atoms with Gasteiger partial charge in [-0.2, -0.15) is 9.59 Å².